The van der Waals surface area contributed by atoms with Gasteiger partial charge in [0, 0.05) is 11.6 Å². The summed E-state index contributed by atoms with van der Waals surface area (Å²) in [5, 5.41) is 0. The van der Waals surface area contributed by atoms with Crippen LogP contribution in [0.5, 0.6) is 0 Å². The number of piperidine rings is 1. The molecule has 1 aliphatic heterocycles. The molecule has 1 aliphatic carbocycles. The van der Waals surface area contributed by atoms with E-state index in [1.54, 1.807) is 19.1 Å². The fourth-order valence-electron chi connectivity index (χ4n) is 3.14. The molecule has 0 bridgehead atoms. The molecule has 0 radical (unpaired) electrons. The first-order valence-corrected chi connectivity index (χ1v) is 8.95. The molecule has 2 amide bonds. The smallest absolute Gasteiger partial charge is 0.254 e. The van der Waals surface area contributed by atoms with Crippen LogP contribution in [-0.4, -0.2) is 43.0 Å². The number of benzene rings is 1. The Balaban J connectivity index is 1.93. The maximum Gasteiger partial charge on any atom is 0.254 e. The number of fused-ring (bicyclic) bond motifs is 1. The lowest BCUT2D eigenvalue weighted by molar-refractivity contribution is -0.122. The molecular formula is C15H18N2O4S. The Bertz CT molecular complexity index is 744. The van der Waals surface area contributed by atoms with Crippen LogP contribution in [-0.2, 0) is 14.6 Å². The molecule has 0 spiro atoms. The fourth-order valence-corrected chi connectivity index (χ4v) is 4.07. The van der Waals surface area contributed by atoms with Gasteiger partial charge in [0.15, 0.2) is 9.84 Å². The van der Waals surface area contributed by atoms with Crippen molar-refractivity contribution in [2.75, 3.05) is 5.75 Å². The number of rotatable bonds is 4. The summed E-state index contributed by atoms with van der Waals surface area (Å²) in [6, 6.07) is 5.47. The lowest BCUT2D eigenvalue weighted by atomic mass is 10.1. The second kappa shape index (κ2) is 5.08. The molecule has 1 heterocycles. The van der Waals surface area contributed by atoms with E-state index in [9.17, 15) is 18.0 Å². The van der Waals surface area contributed by atoms with E-state index in [2.05, 4.69) is 0 Å². The first kappa shape index (κ1) is 15.0. The van der Waals surface area contributed by atoms with Gasteiger partial charge in [0.05, 0.1) is 10.6 Å². The molecule has 6 nitrogen and oxygen atoms in total. The van der Waals surface area contributed by atoms with Gasteiger partial charge in [-0.3, -0.25) is 9.59 Å². The molecule has 1 aromatic rings. The van der Waals surface area contributed by atoms with Crippen molar-refractivity contribution in [2.24, 2.45) is 11.7 Å². The second-order valence-electron chi connectivity index (χ2n) is 5.86. The quantitative estimate of drug-likeness (QED) is 0.876. The monoisotopic (exact) mass is 322 g/mol. The van der Waals surface area contributed by atoms with Crippen LogP contribution in [0.3, 0.4) is 0 Å². The van der Waals surface area contributed by atoms with Gasteiger partial charge in [0.2, 0.25) is 5.91 Å². The van der Waals surface area contributed by atoms with Crippen LogP contribution in [0.2, 0.25) is 0 Å². The van der Waals surface area contributed by atoms with Crippen LogP contribution < -0.4 is 5.73 Å². The third-order valence-corrected chi connectivity index (χ3v) is 6.22. The van der Waals surface area contributed by atoms with Crippen molar-refractivity contribution >= 4 is 21.7 Å². The van der Waals surface area contributed by atoms with Crippen LogP contribution >= 0.6 is 0 Å². The standard InChI is InChI=1S/C15H18N2O4S/c1-2-22(20,21)11-5-3-4-9(6-11)15(19)17-12-7-10(12)8-13(17)14(16)18/h3-6,10,12-13H,2,7-8H2,1H3,(H2,16,18). The Morgan fingerprint density at radius 3 is 2.68 bits per heavy atom. The molecule has 7 heteroatoms. The van der Waals surface area contributed by atoms with E-state index in [0.717, 1.165) is 6.42 Å². The number of hydrogen-bond donors (Lipinski definition) is 1. The van der Waals surface area contributed by atoms with Crippen molar-refractivity contribution in [3.63, 3.8) is 0 Å². The largest absolute Gasteiger partial charge is 0.368 e. The van der Waals surface area contributed by atoms with Crippen molar-refractivity contribution in [1.82, 2.24) is 4.90 Å². The lowest BCUT2D eigenvalue weighted by Crippen LogP contribution is -2.46. The van der Waals surface area contributed by atoms with Gasteiger partial charge in [-0.05, 0) is 37.0 Å². The van der Waals surface area contributed by atoms with E-state index in [-0.39, 0.29) is 28.2 Å². The average Bonchev–Trinajstić information content (AvgIpc) is 3.17. The SMILES string of the molecule is CCS(=O)(=O)c1cccc(C(=O)N2C(C(N)=O)CC3CC32)c1. The molecule has 1 aromatic carbocycles. The van der Waals surface area contributed by atoms with Gasteiger partial charge < -0.3 is 10.6 Å². The number of primary amides is 1. The maximum absolute atomic E-state index is 12.7. The molecule has 3 rings (SSSR count). The third kappa shape index (κ3) is 2.39. The molecule has 2 N–H and O–H groups in total. The third-order valence-electron chi connectivity index (χ3n) is 4.49. The zero-order chi connectivity index (χ0) is 16.1. The van der Waals surface area contributed by atoms with Crippen LogP contribution in [0.15, 0.2) is 29.2 Å². The first-order chi connectivity index (χ1) is 10.3. The molecule has 118 valence electrons. The summed E-state index contributed by atoms with van der Waals surface area (Å²) < 4.78 is 23.9. The average molecular weight is 322 g/mol. The van der Waals surface area contributed by atoms with E-state index < -0.39 is 21.8 Å². The van der Waals surface area contributed by atoms with E-state index in [4.69, 9.17) is 5.73 Å². The predicted molar refractivity (Wildman–Crippen MR) is 79.8 cm³/mol. The highest BCUT2D eigenvalue weighted by Crippen LogP contribution is 2.48. The van der Waals surface area contributed by atoms with Crippen LogP contribution in [0.25, 0.3) is 0 Å². The molecular weight excluding hydrogens is 304 g/mol. The highest BCUT2D eigenvalue weighted by Gasteiger charge is 2.55. The molecule has 2 aliphatic rings. The van der Waals surface area contributed by atoms with Crippen molar-refractivity contribution in [1.29, 1.82) is 0 Å². The second-order valence-corrected chi connectivity index (χ2v) is 8.14. The summed E-state index contributed by atoms with van der Waals surface area (Å²) in [7, 11) is -3.37. The van der Waals surface area contributed by atoms with E-state index in [0.29, 0.717) is 12.3 Å². The van der Waals surface area contributed by atoms with Crippen molar-refractivity contribution < 1.29 is 18.0 Å². The molecule has 2 fully saturated rings. The van der Waals surface area contributed by atoms with Gasteiger partial charge in [0.25, 0.3) is 5.91 Å². The van der Waals surface area contributed by atoms with Crippen molar-refractivity contribution in [2.45, 2.75) is 36.7 Å². The summed E-state index contributed by atoms with van der Waals surface area (Å²) in [6.45, 7) is 1.56. The summed E-state index contributed by atoms with van der Waals surface area (Å²) in [6.07, 6.45) is 1.50. The Kier molecular flexibility index (Phi) is 3.47. The minimum absolute atomic E-state index is 0.0248. The highest BCUT2D eigenvalue weighted by molar-refractivity contribution is 7.91. The molecule has 0 aromatic heterocycles. The minimum Gasteiger partial charge on any atom is -0.368 e. The van der Waals surface area contributed by atoms with Crippen molar-refractivity contribution in [3.05, 3.63) is 29.8 Å². The molecule has 1 saturated heterocycles. The molecule has 22 heavy (non-hydrogen) atoms. The summed E-state index contributed by atoms with van der Waals surface area (Å²) in [4.78, 5) is 25.9. The number of sulfone groups is 1. The molecule has 1 saturated carbocycles. The van der Waals surface area contributed by atoms with Gasteiger partial charge >= 0.3 is 0 Å². The predicted octanol–water partition coefficient (Wildman–Crippen LogP) is 0.568. The summed E-state index contributed by atoms with van der Waals surface area (Å²) >= 11 is 0. The van der Waals surface area contributed by atoms with Crippen LogP contribution in [0.1, 0.15) is 30.1 Å². The first-order valence-electron chi connectivity index (χ1n) is 7.30. The Labute approximate surface area is 129 Å². The number of nitrogens with two attached hydrogens (primary N) is 1. The van der Waals surface area contributed by atoms with E-state index >= 15 is 0 Å². The molecule has 3 unspecified atom stereocenters. The van der Waals surface area contributed by atoms with Gasteiger partial charge in [-0.25, -0.2) is 8.42 Å². The number of amides is 2. The highest BCUT2D eigenvalue weighted by atomic mass is 32.2. The maximum atomic E-state index is 12.7. The van der Waals surface area contributed by atoms with Gasteiger partial charge in [0.1, 0.15) is 6.04 Å². The zero-order valence-corrected chi connectivity index (χ0v) is 13.0. The van der Waals surface area contributed by atoms with Gasteiger partial charge in [-0.2, -0.15) is 0 Å². The van der Waals surface area contributed by atoms with Gasteiger partial charge in [-0.1, -0.05) is 13.0 Å². The Morgan fingerprint density at radius 1 is 1.32 bits per heavy atom. The number of carbonyl (C=O) groups is 2. The minimum atomic E-state index is -3.37. The van der Waals surface area contributed by atoms with E-state index in [1.165, 1.54) is 17.0 Å². The van der Waals surface area contributed by atoms with Crippen LogP contribution in [0, 0.1) is 5.92 Å². The number of carbonyl (C=O) groups excluding carboxylic acids is 2. The lowest BCUT2D eigenvalue weighted by Gasteiger charge is -2.25. The normalized spacial score (nSPS) is 26.6. The van der Waals surface area contributed by atoms with Crippen LogP contribution in [0.4, 0.5) is 0 Å². The Hall–Kier alpha value is -1.89. The van der Waals surface area contributed by atoms with Crippen molar-refractivity contribution in [3.8, 4) is 0 Å². The number of likely N-dealkylation sites (tertiary alicyclic amines) is 1. The fraction of sp³-hybridized carbons (Fsp3) is 0.467. The number of hydrogen-bond acceptors (Lipinski definition) is 4. The Morgan fingerprint density at radius 2 is 2.05 bits per heavy atom. The van der Waals surface area contributed by atoms with E-state index in [1.807, 2.05) is 0 Å². The summed E-state index contributed by atoms with van der Waals surface area (Å²) in [5.74, 6) is -0.493. The molecule has 3 atom stereocenters. The number of nitrogens with zero attached hydrogens (tertiary/aromatic N) is 1. The topological polar surface area (TPSA) is 97.5 Å². The van der Waals surface area contributed by atoms with Gasteiger partial charge in [-0.15, -0.1) is 0 Å². The summed E-state index contributed by atoms with van der Waals surface area (Å²) in [5.41, 5.74) is 5.66. The zero-order valence-electron chi connectivity index (χ0n) is 12.2.